The minimum Gasteiger partial charge on any atom is -0.393 e. The number of rotatable bonds is 0. The summed E-state index contributed by atoms with van der Waals surface area (Å²) in [5.41, 5.74) is -2.43. The molecule has 0 aromatic heterocycles. The van der Waals surface area contributed by atoms with Crippen molar-refractivity contribution in [2.75, 3.05) is 0 Å². The van der Waals surface area contributed by atoms with Crippen molar-refractivity contribution < 1.29 is 15.5 Å². The van der Waals surface area contributed by atoms with E-state index in [1.165, 1.54) is 5.06 Å². The molecule has 116 valence electrons. The molecule has 2 rings (SSSR count). The van der Waals surface area contributed by atoms with Gasteiger partial charge in [-0.3, -0.25) is 0 Å². The van der Waals surface area contributed by atoms with E-state index in [1.807, 2.05) is 41.5 Å². The third-order valence-electron chi connectivity index (χ3n) is 4.95. The van der Waals surface area contributed by atoms with Crippen LogP contribution in [0.2, 0.25) is 0 Å². The van der Waals surface area contributed by atoms with Crippen molar-refractivity contribution in [2.24, 2.45) is 0 Å². The fourth-order valence-corrected chi connectivity index (χ4v) is 4.82. The molecule has 1 N–H and O–H groups in total. The van der Waals surface area contributed by atoms with Gasteiger partial charge >= 0.3 is 0 Å². The molecule has 0 bridgehead atoms. The fourth-order valence-electron chi connectivity index (χ4n) is 4.82. The van der Waals surface area contributed by atoms with E-state index in [1.54, 1.807) is 0 Å². The van der Waals surface area contributed by atoms with Crippen molar-refractivity contribution in [3.8, 4) is 0 Å². The molecule has 0 aromatic rings. The molecule has 1 atom stereocenters. The monoisotopic (exact) mass is 284 g/mol. The molecule has 0 aliphatic carbocycles. The molecule has 5 nitrogen and oxygen atoms in total. The van der Waals surface area contributed by atoms with Gasteiger partial charge in [0, 0.05) is 16.6 Å². The van der Waals surface area contributed by atoms with E-state index in [4.69, 9.17) is 0 Å². The number of hydrogen-bond acceptors (Lipinski definition) is 3. The Morgan fingerprint density at radius 1 is 0.800 bits per heavy atom. The summed E-state index contributed by atoms with van der Waals surface area (Å²) in [7, 11) is 0. The van der Waals surface area contributed by atoms with Gasteiger partial charge in [-0.2, -0.15) is 0 Å². The van der Waals surface area contributed by atoms with Crippen LogP contribution in [0.1, 0.15) is 67.2 Å². The van der Waals surface area contributed by atoms with Crippen LogP contribution in [0.5, 0.6) is 0 Å². The summed E-state index contributed by atoms with van der Waals surface area (Å²) in [6.45, 7) is 11.3. The zero-order valence-electron chi connectivity index (χ0n) is 13.6. The van der Waals surface area contributed by atoms with E-state index in [0.29, 0.717) is 25.7 Å². The molecular weight excluding hydrogens is 256 g/mol. The van der Waals surface area contributed by atoms with Gasteiger partial charge in [-0.15, -0.1) is 20.5 Å². The van der Waals surface area contributed by atoms with E-state index in [9.17, 15) is 15.5 Å². The van der Waals surface area contributed by atoms with Gasteiger partial charge in [-0.25, -0.2) is 0 Å². The lowest BCUT2D eigenvalue weighted by Crippen LogP contribution is -2.72. The third-order valence-corrected chi connectivity index (χ3v) is 4.95. The molecule has 20 heavy (non-hydrogen) atoms. The number of nitrogens with zero attached hydrogens (tertiary/aromatic N) is 2. The van der Waals surface area contributed by atoms with Crippen molar-refractivity contribution in [1.82, 2.24) is 10.1 Å². The molecule has 2 aliphatic heterocycles. The van der Waals surface area contributed by atoms with Crippen LogP contribution in [0.3, 0.4) is 0 Å². The molecular formula is C15H28N2O3. The van der Waals surface area contributed by atoms with Crippen LogP contribution in [-0.2, 0) is 10.4 Å². The third kappa shape index (κ3) is 2.40. The SMILES string of the molecule is CC1(C)CC2(CC(O)CC(C)(C)N2[O])CC(C)(C)N1[O]. The largest absolute Gasteiger partial charge is 0.393 e. The van der Waals surface area contributed by atoms with Crippen molar-refractivity contribution in [1.29, 1.82) is 0 Å². The Balaban J connectivity index is 2.43. The number of hydrogen-bond donors (Lipinski definition) is 1. The Labute approximate surface area is 122 Å². The molecule has 2 saturated heterocycles. The Kier molecular flexibility index (Phi) is 3.56. The topological polar surface area (TPSA) is 66.5 Å². The second-order valence-electron chi connectivity index (χ2n) is 8.67. The van der Waals surface area contributed by atoms with E-state index < -0.39 is 28.3 Å². The predicted octanol–water partition coefficient (Wildman–Crippen LogP) is 2.30. The van der Waals surface area contributed by atoms with E-state index in [2.05, 4.69) is 0 Å². The second-order valence-corrected chi connectivity index (χ2v) is 8.67. The van der Waals surface area contributed by atoms with Gasteiger partial charge in [0.25, 0.3) is 0 Å². The second kappa shape index (κ2) is 4.40. The fraction of sp³-hybridized carbons (Fsp3) is 1.00. The maximum atomic E-state index is 12.9. The molecule has 2 heterocycles. The molecule has 2 aliphatic rings. The van der Waals surface area contributed by atoms with Crippen molar-refractivity contribution in [2.45, 2.75) is 95.5 Å². The van der Waals surface area contributed by atoms with Crippen LogP contribution < -0.4 is 0 Å². The summed E-state index contributed by atoms with van der Waals surface area (Å²) in [6.07, 6.45) is 1.47. The summed E-state index contributed by atoms with van der Waals surface area (Å²) >= 11 is 0. The first-order valence-electron chi connectivity index (χ1n) is 7.46. The molecule has 1 spiro atoms. The van der Waals surface area contributed by atoms with Crippen molar-refractivity contribution in [3.05, 3.63) is 0 Å². The lowest BCUT2D eigenvalue weighted by atomic mass is 9.64. The first-order valence-corrected chi connectivity index (χ1v) is 7.46. The molecule has 0 amide bonds. The highest BCUT2D eigenvalue weighted by Gasteiger charge is 2.60. The van der Waals surface area contributed by atoms with Crippen LogP contribution in [0.15, 0.2) is 0 Å². The maximum Gasteiger partial charge on any atom is 0.0577 e. The van der Waals surface area contributed by atoms with E-state index in [0.717, 1.165) is 5.06 Å². The number of piperidine rings is 2. The molecule has 0 aromatic carbocycles. The van der Waals surface area contributed by atoms with Gasteiger partial charge in [0.05, 0.1) is 11.6 Å². The first kappa shape index (κ1) is 16.2. The standard InChI is InChI=1S/C15H28N2O3/c1-12(2)7-11(18)8-15(17(12)20)9-13(3,4)16(19)14(5,6)10-15/h11,18H,7-10H2,1-6H3. The summed E-state index contributed by atoms with van der Waals surface area (Å²) in [5.74, 6) is 0. The normalized spacial score (nSPS) is 36.1. The Hall–Kier alpha value is -0.200. The first-order chi connectivity index (χ1) is 8.82. The van der Waals surface area contributed by atoms with Gasteiger partial charge in [-0.05, 0) is 67.2 Å². The van der Waals surface area contributed by atoms with Crippen LogP contribution >= 0.6 is 0 Å². The molecule has 2 radical (unpaired) electrons. The van der Waals surface area contributed by atoms with Crippen LogP contribution in [0.25, 0.3) is 0 Å². The highest BCUT2D eigenvalue weighted by atomic mass is 16.5. The highest BCUT2D eigenvalue weighted by molar-refractivity contribution is 5.11. The quantitative estimate of drug-likeness (QED) is 0.742. The van der Waals surface area contributed by atoms with Crippen molar-refractivity contribution >= 4 is 0 Å². The summed E-state index contributed by atoms with van der Waals surface area (Å²) < 4.78 is 0. The molecule has 5 heteroatoms. The highest BCUT2D eigenvalue weighted by Crippen LogP contribution is 2.51. The van der Waals surface area contributed by atoms with Gasteiger partial charge in [0.2, 0.25) is 0 Å². The average molecular weight is 284 g/mol. The van der Waals surface area contributed by atoms with Crippen molar-refractivity contribution in [3.63, 3.8) is 0 Å². The zero-order valence-corrected chi connectivity index (χ0v) is 13.6. The van der Waals surface area contributed by atoms with Gasteiger partial charge in [0.15, 0.2) is 0 Å². The average Bonchev–Trinajstić information content (AvgIpc) is 2.21. The van der Waals surface area contributed by atoms with Crippen LogP contribution in [0.4, 0.5) is 0 Å². The smallest absolute Gasteiger partial charge is 0.0577 e. The van der Waals surface area contributed by atoms with E-state index in [-0.39, 0.29) is 0 Å². The molecule has 2 fully saturated rings. The van der Waals surface area contributed by atoms with Gasteiger partial charge < -0.3 is 5.11 Å². The van der Waals surface area contributed by atoms with Crippen LogP contribution in [0, 0.1) is 0 Å². The minimum absolute atomic E-state index is 0.459. The zero-order chi connectivity index (χ0) is 15.6. The Morgan fingerprint density at radius 3 is 1.70 bits per heavy atom. The molecule has 1 unspecified atom stereocenters. The lowest BCUT2D eigenvalue weighted by molar-refractivity contribution is -0.365. The number of aliphatic hydroxyl groups excluding tert-OH is 1. The van der Waals surface area contributed by atoms with Gasteiger partial charge in [0.1, 0.15) is 0 Å². The lowest BCUT2D eigenvalue weighted by Gasteiger charge is -2.61. The van der Waals surface area contributed by atoms with E-state index >= 15 is 0 Å². The summed E-state index contributed by atoms with van der Waals surface area (Å²) in [6, 6.07) is 0. The maximum absolute atomic E-state index is 12.9. The summed E-state index contributed by atoms with van der Waals surface area (Å²) in [4.78, 5) is 0. The van der Waals surface area contributed by atoms with Gasteiger partial charge in [-0.1, -0.05) is 0 Å². The Bertz CT molecular complexity index is 375. The minimum atomic E-state index is -0.644. The Morgan fingerprint density at radius 2 is 1.25 bits per heavy atom. The summed E-state index contributed by atoms with van der Waals surface area (Å²) in [5, 5.41) is 38.0. The number of hydroxylamine groups is 4. The predicted molar refractivity (Wildman–Crippen MR) is 74.5 cm³/mol. The number of aliphatic hydroxyl groups is 1. The molecule has 0 saturated carbocycles. The van der Waals surface area contributed by atoms with Crippen LogP contribution in [-0.4, -0.2) is 43.5 Å².